The Labute approximate surface area is 379 Å². The highest BCUT2D eigenvalue weighted by Crippen LogP contribution is 2.36. The Morgan fingerprint density at radius 1 is 0.800 bits per heavy atom. The smallest absolute Gasteiger partial charge is 0.255 e. The first-order chi connectivity index (χ1) is 31.3. The van der Waals surface area contributed by atoms with Crippen molar-refractivity contribution in [3.05, 3.63) is 71.1 Å². The zero-order chi connectivity index (χ0) is 45.3. The molecule has 4 amide bonds. The third-order valence-corrected chi connectivity index (χ3v) is 14.4. The highest BCUT2D eigenvalue weighted by molar-refractivity contribution is 6.06. The third-order valence-electron chi connectivity index (χ3n) is 14.4. The predicted molar refractivity (Wildman–Crippen MR) is 242 cm³/mol. The van der Waals surface area contributed by atoms with Gasteiger partial charge >= 0.3 is 0 Å². The van der Waals surface area contributed by atoms with E-state index < -0.39 is 29.1 Å². The molecular weight excluding hydrogens is 837 g/mol. The molecule has 5 fully saturated rings. The van der Waals surface area contributed by atoms with Crippen LogP contribution in [0.3, 0.4) is 0 Å². The normalized spacial score (nSPS) is 22.6. The van der Waals surface area contributed by atoms with Crippen molar-refractivity contribution in [1.82, 2.24) is 35.3 Å². The lowest BCUT2D eigenvalue weighted by atomic mass is 9.82. The van der Waals surface area contributed by atoms with Gasteiger partial charge in [-0.2, -0.15) is 0 Å². The fourth-order valence-corrected chi connectivity index (χ4v) is 10.3. The van der Waals surface area contributed by atoms with Crippen LogP contribution in [0.5, 0.6) is 0 Å². The molecule has 1 atom stereocenters. The molecule has 6 aliphatic heterocycles. The number of nitrogens with one attached hydrogen (secondary N) is 3. The molecule has 5 saturated heterocycles. The maximum Gasteiger partial charge on any atom is 0.255 e. The van der Waals surface area contributed by atoms with E-state index in [2.05, 4.69) is 59.4 Å². The molecular formula is C47H61F2N11O5. The predicted octanol–water partition coefficient (Wildman–Crippen LogP) is 3.36. The number of likely N-dealkylation sites (tertiary alicyclic amines) is 1. The van der Waals surface area contributed by atoms with Crippen LogP contribution < -0.4 is 30.7 Å². The van der Waals surface area contributed by atoms with E-state index >= 15 is 8.78 Å². The second kappa shape index (κ2) is 18.8. The summed E-state index contributed by atoms with van der Waals surface area (Å²) in [5, 5.41) is 8.97. The number of benzene rings is 2. The Balaban J connectivity index is 0.704. The van der Waals surface area contributed by atoms with Gasteiger partial charge in [0, 0.05) is 113 Å². The van der Waals surface area contributed by atoms with Crippen LogP contribution in [0, 0.1) is 17.0 Å². The van der Waals surface area contributed by atoms with Gasteiger partial charge in [0.15, 0.2) is 0 Å². The molecule has 2 aromatic carbocycles. The molecule has 0 aliphatic carbocycles. The molecule has 3 N–H and O–H groups in total. The van der Waals surface area contributed by atoms with Gasteiger partial charge in [-0.05, 0) is 68.8 Å². The summed E-state index contributed by atoms with van der Waals surface area (Å²) in [7, 11) is 0. The minimum atomic E-state index is -0.650. The SMILES string of the molecule is CC1(C)CCN(Cc2cc(F)c(N3CC(=O)NC4(CCN(c5cc(N6CCN(CCOCCNc7cccc8c7CN(C7CCC(=O)NC7=O)C8=O)CC6)ncn5)CC4)C3)cc2F)CC1. The number of amides is 4. The molecule has 1 spiro atoms. The molecule has 1 aromatic heterocycles. The van der Waals surface area contributed by atoms with Crippen LogP contribution in [0.25, 0.3) is 0 Å². The molecule has 7 heterocycles. The summed E-state index contributed by atoms with van der Waals surface area (Å²) in [5.41, 5.74) is 2.47. The summed E-state index contributed by atoms with van der Waals surface area (Å²) >= 11 is 0. The van der Waals surface area contributed by atoms with Crippen molar-refractivity contribution in [3.8, 4) is 0 Å². The molecule has 3 aromatic rings. The summed E-state index contributed by atoms with van der Waals surface area (Å²) in [5.74, 6) is -0.346. The summed E-state index contributed by atoms with van der Waals surface area (Å²) in [4.78, 5) is 71.9. The van der Waals surface area contributed by atoms with Crippen molar-refractivity contribution < 1.29 is 32.7 Å². The first-order valence-corrected chi connectivity index (χ1v) is 23.2. The number of nitrogens with zero attached hydrogens (tertiary/aromatic N) is 8. The minimum absolute atomic E-state index is 0.0201. The number of halogens is 2. The second-order valence-corrected chi connectivity index (χ2v) is 19.3. The van der Waals surface area contributed by atoms with Gasteiger partial charge in [-0.25, -0.2) is 18.7 Å². The van der Waals surface area contributed by atoms with E-state index in [1.807, 2.05) is 18.2 Å². The van der Waals surface area contributed by atoms with Gasteiger partial charge in [-0.3, -0.25) is 34.3 Å². The Hall–Kier alpha value is -5.46. The number of piperidine rings is 3. The van der Waals surface area contributed by atoms with Gasteiger partial charge in [0.25, 0.3) is 5.91 Å². The molecule has 348 valence electrons. The Morgan fingerprint density at radius 2 is 1.54 bits per heavy atom. The van der Waals surface area contributed by atoms with Gasteiger partial charge in [0.2, 0.25) is 17.7 Å². The number of rotatable bonds is 13. The molecule has 6 aliphatic rings. The van der Waals surface area contributed by atoms with E-state index in [0.717, 1.165) is 81.5 Å². The number of piperazine rings is 2. The molecule has 18 heteroatoms. The molecule has 0 saturated carbocycles. The average Bonchev–Trinajstić information content (AvgIpc) is 3.63. The number of carbonyl (C=O) groups is 4. The van der Waals surface area contributed by atoms with Crippen LogP contribution in [0.4, 0.5) is 31.8 Å². The van der Waals surface area contributed by atoms with Crippen molar-refractivity contribution in [2.24, 2.45) is 5.41 Å². The Morgan fingerprint density at radius 3 is 2.28 bits per heavy atom. The standard InChI is InChI=1S/C47H61F2N11O5/c1-46(2)8-13-56(14-9-46)27-32-24-36(49)39(25-35(32)48)59-29-43(62)54-47(30-59)10-15-57(16-11-47)40-26-41(52-31-51-40)58-19-17-55(18-20-58)21-23-65-22-12-50-37-5-3-4-33-34(37)28-60(45(33)64)38-6-7-42(61)53-44(38)63/h3-5,24-26,31,38,50H,6-23,27-30H2,1-2H3,(H,54,62)(H,53,61,63). The van der Waals surface area contributed by atoms with Crippen molar-refractivity contribution >= 4 is 46.6 Å². The molecule has 1 unspecified atom stereocenters. The van der Waals surface area contributed by atoms with E-state index in [4.69, 9.17) is 4.74 Å². The van der Waals surface area contributed by atoms with E-state index in [1.54, 1.807) is 22.2 Å². The van der Waals surface area contributed by atoms with Crippen LogP contribution in [-0.4, -0.2) is 152 Å². The zero-order valence-corrected chi connectivity index (χ0v) is 37.6. The number of fused-ring (bicyclic) bond motifs is 1. The third kappa shape index (κ3) is 10.0. The number of ether oxygens (including phenoxy) is 1. The van der Waals surface area contributed by atoms with E-state index in [-0.39, 0.29) is 41.8 Å². The number of hydrogen-bond donors (Lipinski definition) is 3. The lowest BCUT2D eigenvalue weighted by molar-refractivity contribution is -0.137. The van der Waals surface area contributed by atoms with Crippen LogP contribution in [0.2, 0.25) is 0 Å². The lowest BCUT2D eigenvalue weighted by Crippen LogP contribution is -2.66. The highest BCUT2D eigenvalue weighted by Gasteiger charge is 2.43. The summed E-state index contributed by atoms with van der Waals surface area (Å²) in [6, 6.07) is 9.52. The Kier molecular flexibility index (Phi) is 12.9. The molecule has 9 rings (SSSR count). The van der Waals surface area contributed by atoms with Crippen molar-refractivity contribution in [3.63, 3.8) is 0 Å². The number of aromatic nitrogens is 2. The van der Waals surface area contributed by atoms with Gasteiger partial charge < -0.3 is 35.0 Å². The second-order valence-electron chi connectivity index (χ2n) is 19.3. The van der Waals surface area contributed by atoms with E-state index in [0.29, 0.717) is 82.9 Å². The largest absolute Gasteiger partial charge is 0.382 e. The van der Waals surface area contributed by atoms with E-state index in [1.165, 1.54) is 12.1 Å². The quantitative estimate of drug-likeness (QED) is 0.170. The van der Waals surface area contributed by atoms with Gasteiger partial charge in [-0.15, -0.1) is 0 Å². The number of imide groups is 1. The Bertz CT molecular complexity index is 2270. The topological polar surface area (TPSA) is 159 Å². The number of anilines is 4. The molecule has 16 nitrogen and oxygen atoms in total. The summed E-state index contributed by atoms with van der Waals surface area (Å²) in [6.45, 7) is 14.4. The zero-order valence-electron chi connectivity index (χ0n) is 37.6. The van der Waals surface area contributed by atoms with Gasteiger partial charge in [-0.1, -0.05) is 19.9 Å². The minimum Gasteiger partial charge on any atom is -0.382 e. The summed E-state index contributed by atoms with van der Waals surface area (Å²) < 4.78 is 37.2. The maximum atomic E-state index is 15.7. The number of hydrogen-bond acceptors (Lipinski definition) is 13. The first-order valence-electron chi connectivity index (χ1n) is 23.2. The van der Waals surface area contributed by atoms with Crippen molar-refractivity contribution in [2.75, 3.05) is 112 Å². The number of carbonyl (C=O) groups excluding carboxylic acids is 4. The van der Waals surface area contributed by atoms with Crippen LogP contribution >= 0.6 is 0 Å². The van der Waals surface area contributed by atoms with Crippen molar-refractivity contribution in [1.29, 1.82) is 0 Å². The summed E-state index contributed by atoms with van der Waals surface area (Å²) in [6.07, 6.45) is 5.48. The van der Waals surface area contributed by atoms with Crippen LogP contribution in [0.1, 0.15) is 73.9 Å². The van der Waals surface area contributed by atoms with Crippen molar-refractivity contribution in [2.45, 2.75) is 77.0 Å². The van der Waals surface area contributed by atoms with Crippen LogP contribution in [-0.2, 0) is 32.2 Å². The highest BCUT2D eigenvalue weighted by atomic mass is 19.1. The molecule has 65 heavy (non-hydrogen) atoms. The first kappa shape index (κ1) is 44.7. The monoisotopic (exact) mass is 897 g/mol. The lowest BCUT2D eigenvalue weighted by Gasteiger charge is -2.48. The molecule has 0 bridgehead atoms. The van der Waals surface area contributed by atoms with Gasteiger partial charge in [0.1, 0.15) is 35.6 Å². The fraction of sp³-hybridized carbons (Fsp3) is 0.574. The average molecular weight is 898 g/mol. The molecule has 0 radical (unpaired) electrons. The van der Waals surface area contributed by atoms with Crippen LogP contribution in [0.15, 0.2) is 42.7 Å². The maximum absolute atomic E-state index is 15.7. The van der Waals surface area contributed by atoms with E-state index in [9.17, 15) is 19.2 Å². The van der Waals surface area contributed by atoms with Gasteiger partial charge in [0.05, 0.1) is 31.0 Å². The fourth-order valence-electron chi connectivity index (χ4n) is 10.3.